The molecule has 7 heteroatoms. The third kappa shape index (κ3) is 3.63. The second-order valence-electron chi connectivity index (χ2n) is 7.16. The molecular formula is C22H25N5OS. The van der Waals surface area contributed by atoms with Gasteiger partial charge in [0.05, 0.1) is 24.4 Å². The van der Waals surface area contributed by atoms with E-state index in [2.05, 4.69) is 44.7 Å². The lowest BCUT2D eigenvalue weighted by atomic mass is 9.97. The number of hydrogen-bond acceptors (Lipinski definition) is 4. The molecule has 2 atom stereocenters. The van der Waals surface area contributed by atoms with E-state index >= 15 is 0 Å². The Morgan fingerprint density at radius 2 is 1.86 bits per heavy atom. The van der Waals surface area contributed by atoms with Crippen LogP contribution in [0.4, 0.5) is 0 Å². The minimum absolute atomic E-state index is 0.0243. The van der Waals surface area contributed by atoms with Crippen molar-refractivity contribution in [3.8, 4) is 5.82 Å². The molecule has 0 bridgehead atoms. The third-order valence-electron chi connectivity index (χ3n) is 5.40. The van der Waals surface area contributed by atoms with Crippen molar-refractivity contribution in [2.45, 2.75) is 25.9 Å². The minimum Gasteiger partial charge on any atom is -0.383 e. The van der Waals surface area contributed by atoms with Gasteiger partial charge in [-0.25, -0.2) is 4.98 Å². The van der Waals surface area contributed by atoms with Crippen molar-refractivity contribution in [3.63, 3.8) is 0 Å². The van der Waals surface area contributed by atoms with E-state index in [0.29, 0.717) is 13.2 Å². The zero-order chi connectivity index (χ0) is 20.4. The highest BCUT2D eigenvalue weighted by Gasteiger charge is 2.41. The number of aromatic nitrogens is 3. The number of rotatable bonds is 6. The van der Waals surface area contributed by atoms with Gasteiger partial charge in [-0.1, -0.05) is 12.1 Å². The molecule has 0 amide bonds. The number of nitrogens with zero attached hydrogens (tertiary/aromatic N) is 4. The number of aryl methyl sites for hydroxylation is 1. The highest BCUT2D eigenvalue weighted by molar-refractivity contribution is 7.80. The Bertz CT molecular complexity index is 989. The lowest BCUT2D eigenvalue weighted by Gasteiger charge is -2.28. The van der Waals surface area contributed by atoms with Crippen LogP contribution in [-0.4, -0.2) is 44.8 Å². The molecule has 6 nitrogen and oxygen atoms in total. The average molecular weight is 408 g/mol. The fraction of sp³-hybridized carbons (Fsp3) is 0.318. The molecule has 4 heterocycles. The lowest BCUT2D eigenvalue weighted by molar-refractivity contribution is 0.164. The van der Waals surface area contributed by atoms with Crippen molar-refractivity contribution in [2.75, 3.05) is 20.3 Å². The summed E-state index contributed by atoms with van der Waals surface area (Å²) in [6.07, 6.45) is 3.65. The van der Waals surface area contributed by atoms with Crippen molar-refractivity contribution >= 4 is 17.3 Å². The van der Waals surface area contributed by atoms with E-state index in [1.807, 2.05) is 48.8 Å². The van der Waals surface area contributed by atoms with Crippen LogP contribution in [0, 0.1) is 13.8 Å². The highest BCUT2D eigenvalue weighted by Crippen LogP contribution is 2.41. The molecule has 1 N–H and O–H groups in total. The van der Waals surface area contributed by atoms with Crippen molar-refractivity contribution in [1.82, 2.24) is 24.8 Å². The predicted molar refractivity (Wildman–Crippen MR) is 117 cm³/mol. The zero-order valence-corrected chi connectivity index (χ0v) is 17.7. The molecule has 1 saturated heterocycles. The summed E-state index contributed by atoms with van der Waals surface area (Å²) in [5.74, 6) is 0.917. The number of ether oxygens (including phenoxy) is 1. The average Bonchev–Trinajstić information content (AvgIpc) is 3.23. The van der Waals surface area contributed by atoms with E-state index in [1.54, 1.807) is 7.11 Å². The van der Waals surface area contributed by atoms with Gasteiger partial charge in [0.25, 0.3) is 0 Å². The van der Waals surface area contributed by atoms with Gasteiger partial charge in [0.15, 0.2) is 5.11 Å². The number of methoxy groups -OCH3 is 1. The van der Waals surface area contributed by atoms with Crippen LogP contribution in [0.5, 0.6) is 0 Å². The summed E-state index contributed by atoms with van der Waals surface area (Å²) in [7, 11) is 1.71. The van der Waals surface area contributed by atoms with Crippen LogP contribution in [0.1, 0.15) is 34.7 Å². The lowest BCUT2D eigenvalue weighted by Crippen LogP contribution is -2.32. The fourth-order valence-electron chi connectivity index (χ4n) is 4.10. The quantitative estimate of drug-likeness (QED) is 0.631. The van der Waals surface area contributed by atoms with Gasteiger partial charge in [0, 0.05) is 37.4 Å². The molecule has 0 unspecified atom stereocenters. The van der Waals surface area contributed by atoms with Gasteiger partial charge < -0.3 is 19.5 Å². The maximum absolute atomic E-state index is 5.70. The summed E-state index contributed by atoms with van der Waals surface area (Å²) in [5.41, 5.74) is 4.48. The second-order valence-corrected chi connectivity index (χ2v) is 7.55. The second kappa shape index (κ2) is 8.31. The molecule has 0 aromatic carbocycles. The SMILES string of the molecule is COCCN1C(=S)N[C@@H](c2ccccn2)[C@H]1c1cc(C)n(-c2ccccn2)c1C. The van der Waals surface area contributed by atoms with Gasteiger partial charge in [-0.05, 0) is 62.0 Å². The maximum atomic E-state index is 5.70. The first kappa shape index (κ1) is 19.5. The van der Waals surface area contributed by atoms with Crippen LogP contribution in [0.25, 0.3) is 5.82 Å². The summed E-state index contributed by atoms with van der Waals surface area (Å²) >= 11 is 5.70. The highest BCUT2D eigenvalue weighted by atomic mass is 32.1. The number of hydrogen-bond donors (Lipinski definition) is 1. The van der Waals surface area contributed by atoms with Crippen LogP contribution in [0.15, 0.2) is 54.9 Å². The van der Waals surface area contributed by atoms with Crippen molar-refractivity contribution in [2.24, 2.45) is 0 Å². The van der Waals surface area contributed by atoms with Crippen molar-refractivity contribution in [3.05, 3.63) is 77.5 Å². The topological polar surface area (TPSA) is 55.2 Å². The molecular weight excluding hydrogens is 382 g/mol. The van der Waals surface area contributed by atoms with Gasteiger partial charge in [-0.3, -0.25) is 4.98 Å². The Kier molecular flexibility index (Phi) is 5.60. The van der Waals surface area contributed by atoms with Gasteiger partial charge >= 0.3 is 0 Å². The number of pyridine rings is 2. The zero-order valence-electron chi connectivity index (χ0n) is 16.9. The van der Waals surface area contributed by atoms with Gasteiger partial charge in [-0.2, -0.15) is 0 Å². The Morgan fingerprint density at radius 3 is 2.52 bits per heavy atom. The molecule has 3 aromatic rings. The van der Waals surface area contributed by atoms with E-state index in [1.165, 1.54) is 5.56 Å². The van der Waals surface area contributed by atoms with Gasteiger partial charge in [0.1, 0.15) is 5.82 Å². The molecule has 0 radical (unpaired) electrons. The summed E-state index contributed by atoms with van der Waals surface area (Å²) in [6.45, 7) is 5.57. The van der Waals surface area contributed by atoms with Crippen molar-refractivity contribution in [1.29, 1.82) is 0 Å². The first-order chi connectivity index (χ1) is 14.1. The molecule has 1 fully saturated rings. The summed E-state index contributed by atoms with van der Waals surface area (Å²) in [5, 5.41) is 4.22. The molecule has 0 saturated carbocycles. The first-order valence-electron chi connectivity index (χ1n) is 9.69. The Hall–Kier alpha value is -2.77. The molecule has 0 spiro atoms. The summed E-state index contributed by atoms with van der Waals surface area (Å²) in [4.78, 5) is 11.4. The van der Waals surface area contributed by atoms with E-state index in [9.17, 15) is 0 Å². The fourth-order valence-corrected chi connectivity index (χ4v) is 4.43. The molecule has 4 rings (SSSR count). The number of nitrogens with one attached hydrogen (secondary N) is 1. The molecule has 1 aliphatic heterocycles. The first-order valence-corrected chi connectivity index (χ1v) is 10.1. The monoisotopic (exact) mass is 407 g/mol. The Labute approximate surface area is 176 Å². The van der Waals surface area contributed by atoms with Crippen LogP contribution >= 0.6 is 12.2 Å². The smallest absolute Gasteiger partial charge is 0.170 e. The van der Waals surface area contributed by atoms with Crippen LogP contribution in [0.2, 0.25) is 0 Å². The van der Waals surface area contributed by atoms with Crippen LogP contribution < -0.4 is 5.32 Å². The third-order valence-corrected chi connectivity index (χ3v) is 5.75. The largest absolute Gasteiger partial charge is 0.383 e. The van der Waals surface area contributed by atoms with E-state index in [4.69, 9.17) is 17.0 Å². The van der Waals surface area contributed by atoms with Crippen LogP contribution in [0.3, 0.4) is 0 Å². The Morgan fingerprint density at radius 1 is 1.10 bits per heavy atom. The Balaban J connectivity index is 1.81. The van der Waals surface area contributed by atoms with Gasteiger partial charge in [0.2, 0.25) is 0 Å². The van der Waals surface area contributed by atoms with E-state index in [-0.39, 0.29) is 12.1 Å². The number of thiocarbonyl (C=S) groups is 1. The minimum atomic E-state index is -0.0294. The molecule has 0 aliphatic carbocycles. The van der Waals surface area contributed by atoms with Crippen molar-refractivity contribution < 1.29 is 4.74 Å². The van der Waals surface area contributed by atoms with E-state index in [0.717, 1.165) is 28.0 Å². The summed E-state index contributed by atoms with van der Waals surface area (Å²) in [6, 6.07) is 14.2. The molecule has 3 aromatic heterocycles. The summed E-state index contributed by atoms with van der Waals surface area (Å²) < 4.78 is 7.54. The molecule has 29 heavy (non-hydrogen) atoms. The normalized spacial score (nSPS) is 18.9. The molecule has 1 aliphatic rings. The maximum Gasteiger partial charge on any atom is 0.170 e. The molecule has 150 valence electrons. The predicted octanol–water partition coefficient (Wildman–Crippen LogP) is 3.50. The van der Waals surface area contributed by atoms with Gasteiger partial charge in [-0.15, -0.1) is 0 Å². The van der Waals surface area contributed by atoms with E-state index < -0.39 is 0 Å². The standard InChI is InChI=1S/C22H25N5OS/c1-15-14-17(16(2)27(15)19-9-5-7-11-24-19)21-20(18-8-4-6-10-23-18)25-22(29)26(21)12-13-28-3/h4-11,14,20-21H,12-13H2,1-3H3,(H,25,29)/t20-,21+/m0/s1. The van der Waals surface area contributed by atoms with Crippen LogP contribution in [-0.2, 0) is 4.74 Å².